The van der Waals surface area contributed by atoms with Crippen molar-refractivity contribution in [2.75, 3.05) is 0 Å². The number of carbonyl (C=O) groups is 1. The van der Waals surface area contributed by atoms with Gasteiger partial charge in [0.1, 0.15) is 12.2 Å². The fourth-order valence-electron chi connectivity index (χ4n) is 1.18. The standard InChI is InChI=1S/C9H10N6O/c10-3-7-5-15(14-13-7)6-9(16)8-4-11-1-2-12-8/h1-2,4-5H,3,6,10H2. The molecule has 2 aromatic heterocycles. The van der Waals surface area contributed by atoms with E-state index in [-0.39, 0.29) is 12.3 Å². The van der Waals surface area contributed by atoms with Gasteiger partial charge in [0, 0.05) is 18.9 Å². The van der Waals surface area contributed by atoms with Crippen LogP contribution in [-0.4, -0.2) is 30.7 Å². The minimum atomic E-state index is -0.165. The first-order valence-corrected chi connectivity index (χ1v) is 4.68. The fraction of sp³-hybridized carbons (Fsp3) is 0.222. The molecule has 0 aliphatic carbocycles. The minimum absolute atomic E-state index is 0.0890. The quantitative estimate of drug-likeness (QED) is 0.688. The molecule has 0 amide bonds. The highest BCUT2D eigenvalue weighted by atomic mass is 16.1. The Hall–Kier alpha value is -2.15. The molecule has 0 atom stereocenters. The fourth-order valence-corrected chi connectivity index (χ4v) is 1.18. The van der Waals surface area contributed by atoms with Crippen LogP contribution in [0.1, 0.15) is 16.2 Å². The van der Waals surface area contributed by atoms with Crippen LogP contribution in [-0.2, 0) is 13.1 Å². The minimum Gasteiger partial charge on any atom is -0.325 e. The van der Waals surface area contributed by atoms with Crippen LogP contribution in [0.25, 0.3) is 0 Å². The van der Waals surface area contributed by atoms with Crippen LogP contribution in [0, 0.1) is 0 Å². The van der Waals surface area contributed by atoms with E-state index in [2.05, 4.69) is 20.3 Å². The van der Waals surface area contributed by atoms with Crippen LogP contribution in [0.5, 0.6) is 0 Å². The molecule has 2 rings (SSSR count). The van der Waals surface area contributed by atoms with E-state index in [4.69, 9.17) is 5.73 Å². The molecule has 0 aliphatic rings. The Morgan fingerprint density at radius 1 is 1.44 bits per heavy atom. The molecule has 2 aromatic rings. The molecule has 0 radical (unpaired) electrons. The largest absolute Gasteiger partial charge is 0.325 e. The Balaban J connectivity index is 2.08. The summed E-state index contributed by atoms with van der Waals surface area (Å²) in [5.41, 5.74) is 6.34. The summed E-state index contributed by atoms with van der Waals surface area (Å²) >= 11 is 0. The third-order valence-electron chi connectivity index (χ3n) is 1.95. The lowest BCUT2D eigenvalue weighted by Crippen LogP contribution is -2.12. The summed E-state index contributed by atoms with van der Waals surface area (Å²) in [5, 5.41) is 7.55. The highest BCUT2D eigenvalue weighted by Crippen LogP contribution is 1.97. The lowest BCUT2D eigenvalue weighted by molar-refractivity contribution is 0.0961. The first-order valence-electron chi connectivity index (χ1n) is 4.68. The Bertz CT molecular complexity index is 480. The highest BCUT2D eigenvalue weighted by Gasteiger charge is 2.09. The summed E-state index contributed by atoms with van der Waals surface area (Å²) in [6.07, 6.45) is 6.04. The number of ketones is 1. The third-order valence-corrected chi connectivity index (χ3v) is 1.95. The van der Waals surface area contributed by atoms with Gasteiger partial charge in [-0.15, -0.1) is 5.10 Å². The molecule has 7 heteroatoms. The number of hydrogen-bond donors (Lipinski definition) is 1. The zero-order valence-electron chi connectivity index (χ0n) is 8.45. The number of rotatable bonds is 4. The maximum absolute atomic E-state index is 11.7. The smallest absolute Gasteiger partial charge is 0.204 e. The number of hydrogen-bond acceptors (Lipinski definition) is 6. The van der Waals surface area contributed by atoms with Crippen molar-refractivity contribution in [1.82, 2.24) is 25.0 Å². The zero-order valence-corrected chi connectivity index (χ0v) is 8.45. The second-order valence-electron chi connectivity index (χ2n) is 3.13. The van der Waals surface area contributed by atoms with E-state index in [1.54, 1.807) is 6.20 Å². The first kappa shape index (κ1) is 10.4. The van der Waals surface area contributed by atoms with E-state index < -0.39 is 0 Å². The van der Waals surface area contributed by atoms with Crippen molar-refractivity contribution in [2.45, 2.75) is 13.1 Å². The lowest BCUT2D eigenvalue weighted by atomic mass is 10.3. The molecule has 2 N–H and O–H groups in total. The van der Waals surface area contributed by atoms with Crippen LogP contribution in [0.4, 0.5) is 0 Å². The first-order chi connectivity index (χ1) is 7.79. The van der Waals surface area contributed by atoms with E-state index in [1.807, 2.05) is 0 Å². The molecule has 0 bridgehead atoms. The highest BCUT2D eigenvalue weighted by molar-refractivity contribution is 5.93. The Labute approximate surface area is 91.3 Å². The van der Waals surface area contributed by atoms with Crippen LogP contribution in [0.3, 0.4) is 0 Å². The van der Waals surface area contributed by atoms with Gasteiger partial charge in [0.2, 0.25) is 5.78 Å². The summed E-state index contributed by atoms with van der Waals surface area (Å²) < 4.78 is 1.43. The number of aromatic nitrogens is 5. The number of Topliss-reactive ketones (excluding diaryl/α,β-unsaturated/α-hetero) is 1. The molecule has 0 aliphatic heterocycles. The molecule has 0 unspecified atom stereocenters. The molecule has 0 saturated carbocycles. The van der Waals surface area contributed by atoms with E-state index in [9.17, 15) is 4.79 Å². The average molecular weight is 218 g/mol. The molecular formula is C9H10N6O. The molecule has 82 valence electrons. The van der Waals surface area contributed by atoms with Crippen molar-refractivity contribution in [3.63, 3.8) is 0 Å². The SMILES string of the molecule is NCc1cn(CC(=O)c2cnccn2)nn1. The maximum atomic E-state index is 11.7. The second-order valence-corrected chi connectivity index (χ2v) is 3.13. The van der Waals surface area contributed by atoms with E-state index in [1.165, 1.54) is 23.3 Å². The molecule has 16 heavy (non-hydrogen) atoms. The van der Waals surface area contributed by atoms with Gasteiger partial charge in [0.15, 0.2) is 0 Å². The van der Waals surface area contributed by atoms with Crippen molar-refractivity contribution in [2.24, 2.45) is 5.73 Å². The monoisotopic (exact) mass is 218 g/mol. The molecule has 7 nitrogen and oxygen atoms in total. The van der Waals surface area contributed by atoms with Gasteiger partial charge in [0.05, 0.1) is 18.1 Å². The van der Waals surface area contributed by atoms with Crippen LogP contribution in [0.2, 0.25) is 0 Å². The maximum Gasteiger partial charge on any atom is 0.204 e. The lowest BCUT2D eigenvalue weighted by Gasteiger charge is -1.98. The van der Waals surface area contributed by atoms with Gasteiger partial charge in [-0.05, 0) is 0 Å². The Kier molecular flexibility index (Phi) is 2.97. The van der Waals surface area contributed by atoms with E-state index in [0.29, 0.717) is 17.9 Å². The molecule has 0 fully saturated rings. The second kappa shape index (κ2) is 4.58. The molecule has 0 aromatic carbocycles. The summed E-state index contributed by atoms with van der Waals surface area (Å²) in [7, 11) is 0. The van der Waals surface area contributed by atoms with Gasteiger partial charge < -0.3 is 5.73 Å². The van der Waals surface area contributed by atoms with Crippen molar-refractivity contribution in [1.29, 1.82) is 0 Å². The average Bonchev–Trinajstić information content (AvgIpc) is 2.78. The van der Waals surface area contributed by atoms with Crippen LogP contribution < -0.4 is 5.73 Å². The van der Waals surface area contributed by atoms with Gasteiger partial charge in [-0.25, -0.2) is 9.67 Å². The molecular weight excluding hydrogens is 208 g/mol. The zero-order chi connectivity index (χ0) is 11.4. The number of nitrogens with zero attached hydrogens (tertiary/aromatic N) is 5. The van der Waals surface area contributed by atoms with Crippen LogP contribution >= 0.6 is 0 Å². The summed E-state index contributed by atoms with van der Waals surface area (Å²) in [4.78, 5) is 19.4. The predicted molar refractivity (Wildman–Crippen MR) is 54.3 cm³/mol. The number of nitrogens with two attached hydrogens (primary N) is 1. The Morgan fingerprint density at radius 3 is 2.94 bits per heavy atom. The van der Waals surface area contributed by atoms with Crippen molar-refractivity contribution >= 4 is 5.78 Å². The number of carbonyl (C=O) groups excluding carboxylic acids is 1. The Morgan fingerprint density at radius 2 is 2.31 bits per heavy atom. The van der Waals surface area contributed by atoms with Crippen molar-refractivity contribution in [3.8, 4) is 0 Å². The summed E-state index contributed by atoms with van der Waals surface area (Å²) in [5.74, 6) is -0.165. The van der Waals surface area contributed by atoms with Gasteiger partial charge in [0.25, 0.3) is 0 Å². The normalized spacial score (nSPS) is 10.3. The van der Waals surface area contributed by atoms with Gasteiger partial charge in [-0.2, -0.15) is 0 Å². The topological polar surface area (TPSA) is 99.6 Å². The molecule has 0 spiro atoms. The van der Waals surface area contributed by atoms with Crippen molar-refractivity contribution < 1.29 is 4.79 Å². The summed E-state index contributed by atoms with van der Waals surface area (Å²) in [6.45, 7) is 0.394. The third kappa shape index (κ3) is 2.26. The predicted octanol–water partition coefficient (Wildman–Crippen LogP) is -0.590. The van der Waals surface area contributed by atoms with Crippen molar-refractivity contribution in [3.05, 3.63) is 36.2 Å². The van der Waals surface area contributed by atoms with Crippen LogP contribution in [0.15, 0.2) is 24.8 Å². The van der Waals surface area contributed by atoms with Gasteiger partial charge >= 0.3 is 0 Å². The van der Waals surface area contributed by atoms with E-state index >= 15 is 0 Å². The van der Waals surface area contributed by atoms with E-state index in [0.717, 1.165) is 0 Å². The van der Waals surface area contributed by atoms with Gasteiger partial charge in [-0.3, -0.25) is 9.78 Å². The summed E-state index contributed by atoms with van der Waals surface area (Å²) in [6, 6.07) is 0. The molecule has 0 saturated heterocycles. The molecule has 2 heterocycles. The van der Waals surface area contributed by atoms with Gasteiger partial charge in [-0.1, -0.05) is 5.21 Å².